The molecule has 4 rings (SSSR count). The van der Waals surface area contributed by atoms with E-state index in [2.05, 4.69) is 10.1 Å². The second-order valence-corrected chi connectivity index (χ2v) is 7.18. The van der Waals surface area contributed by atoms with Crippen LogP contribution in [0.15, 0.2) is 47.0 Å². The zero-order chi connectivity index (χ0) is 20.4. The molecule has 1 atom stereocenters. The van der Waals surface area contributed by atoms with Crippen LogP contribution in [0.4, 0.5) is 0 Å². The Balaban J connectivity index is 1.49. The van der Waals surface area contributed by atoms with Crippen LogP contribution in [0.2, 0.25) is 0 Å². The van der Waals surface area contributed by atoms with Crippen LogP contribution in [0.25, 0.3) is 11.4 Å². The number of benzene rings is 2. The Hall–Kier alpha value is -3.35. The van der Waals surface area contributed by atoms with Crippen LogP contribution in [0, 0.1) is 6.92 Å². The van der Waals surface area contributed by atoms with Crippen molar-refractivity contribution in [3.05, 3.63) is 59.5 Å². The number of ether oxygens (including phenoxy) is 2. The van der Waals surface area contributed by atoms with Gasteiger partial charge in [0, 0.05) is 36.7 Å². The zero-order valence-electron chi connectivity index (χ0n) is 16.7. The maximum atomic E-state index is 12.6. The van der Waals surface area contributed by atoms with Gasteiger partial charge in [0.2, 0.25) is 17.6 Å². The molecule has 2 heterocycles. The molecule has 1 unspecified atom stereocenters. The number of rotatable bonds is 6. The van der Waals surface area contributed by atoms with Gasteiger partial charge in [-0.1, -0.05) is 28.9 Å². The highest BCUT2D eigenvalue weighted by Crippen LogP contribution is 2.32. The third-order valence-electron chi connectivity index (χ3n) is 5.14. The second-order valence-electron chi connectivity index (χ2n) is 7.18. The minimum atomic E-state index is -0.113. The summed E-state index contributed by atoms with van der Waals surface area (Å²) in [5, 5.41) is 4.10. The van der Waals surface area contributed by atoms with E-state index in [1.807, 2.05) is 49.4 Å². The molecule has 1 fully saturated rings. The van der Waals surface area contributed by atoms with Crippen LogP contribution in [0.1, 0.15) is 29.4 Å². The number of aromatic nitrogens is 2. The van der Waals surface area contributed by atoms with Gasteiger partial charge in [-0.2, -0.15) is 4.98 Å². The minimum Gasteiger partial charge on any atom is -0.497 e. The summed E-state index contributed by atoms with van der Waals surface area (Å²) in [7, 11) is 3.22. The van der Waals surface area contributed by atoms with Crippen LogP contribution < -0.4 is 9.47 Å². The first kappa shape index (κ1) is 19.0. The predicted molar refractivity (Wildman–Crippen MR) is 107 cm³/mol. The third-order valence-corrected chi connectivity index (χ3v) is 5.14. The number of amides is 1. The molecule has 2 aromatic carbocycles. The summed E-state index contributed by atoms with van der Waals surface area (Å²) in [6, 6.07) is 13.5. The molecule has 7 nitrogen and oxygen atoms in total. The summed E-state index contributed by atoms with van der Waals surface area (Å²) < 4.78 is 16.2. The van der Waals surface area contributed by atoms with Crippen LogP contribution in [-0.2, 0) is 11.3 Å². The first-order valence-corrected chi connectivity index (χ1v) is 9.46. The Kier molecular flexibility index (Phi) is 5.20. The standard InChI is InChI=1S/C22H23N3O4/c1-14-5-4-6-15(9-14)21-23-22(29-24-21)17-10-20(26)25(13-17)12-16-7-8-18(27-2)11-19(16)28-3/h4-9,11,17H,10,12-13H2,1-3H3. The lowest BCUT2D eigenvalue weighted by Gasteiger charge is -2.18. The minimum absolute atomic E-state index is 0.0585. The first-order valence-electron chi connectivity index (χ1n) is 9.46. The lowest BCUT2D eigenvalue weighted by molar-refractivity contribution is -0.128. The molecular weight excluding hydrogens is 370 g/mol. The van der Waals surface area contributed by atoms with Gasteiger partial charge in [0.1, 0.15) is 11.5 Å². The summed E-state index contributed by atoms with van der Waals surface area (Å²) in [5.41, 5.74) is 2.96. The average Bonchev–Trinajstić information content (AvgIpc) is 3.36. The Morgan fingerprint density at radius 1 is 1.17 bits per heavy atom. The van der Waals surface area contributed by atoms with E-state index in [0.717, 1.165) is 16.7 Å². The Morgan fingerprint density at radius 3 is 2.79 bits per heavy atom. The first-order chi connectivity index (χ1) is 14.1. The van der Waals surface area contributed by atoms with E-state index in [1.165, 1.54) is 0 Å². The van der Waals surface area contributed by atoms with E-state index in [1.54, 1.807) is 19.1 Å². The fourth-order valence-electron chi connectivity index (χ4n) is 3.58. The summed E-state index contributed by atoms with van der Waals surface area (Å²) in [5.74, 6) is 2.40. The zero-order valence-corrected chi connectivity index (χ0v) is 16.7. The van der Waals surface area contributed by atoms with Crippen molar-refractivity contribution in [2.45, 2.75) is 25.8 Å². The van der Waals surface area contributed by atoms with Gasteiger partial charge in [0.05, 0.1) is 20.1 Å². The molecule has 0 radical (unpaired) electrons. The van der Waals surface area contributed by atoms with Crippen LogP contribution in [0.3, 0.4) is 0 Å². The smallest absolute Gasteiger partial charge is 0.232 e. The molecule has 1 saturated heterocycles. The van der Waals surface area contributed by atoms with Crippen LogP contribution >= 0.6 is 0 Å². The molecule has 0 saturated carbocycles. The quantitative estimate of drug-likeness (QED) is 0.637. The van der Waals surface area contributed by atoms with Gasteiger partial charge in [0.15, 0.2) is 0 Å². The van der Waals surface area contributed by atoms with Crippen molar-refractivity contribution in [1.29, 1.82) is 0 Å². The molecule has 150 valence electrons. The van der Waals surface area contributed by atoms with E-state index in [0.29, 0.717) is 42.7 Å². The van der Waals surface area contributed by atoms with Crippen LogP contribution in [-0.4, -0.2) is 41.7 Å². The number of hydrogen-bond donors (Lipinski definition) is 0. The molecule has 29 heavy (non-hydrogen) atoms. The molecule has 7 heteroatoms. The Bertz CT molecular complexity index is 1030. The Labute approximate surface area is 169 Å². The lowest BCUT2D eigenvalue weighted by atomic mass is 10.1. The number of methoxy groups -OCH3 is 2. The number of likely N-dealkylation sites (tertiary alicyclic amines) is 1. The summed E-state index contributed by atoms with van der Waals surface area (Å²) in [4.78, 5) is 18.9. The lowest BCUT2D eigenvalue weighted by Crippen LogP contribution is -2.24. The highest BCUT2D eigenvalue weighted by molar-refractivity contribution is 5.79. The van der Waals surface area contributed by atoms with Gasteiger partial charge < -0.3 is 18.9 Å². The van der Waals surface area contributed by atoms with Crippen molar-refractivity contribution in [3.8, 4) is 22.9 Å². The highest BCUT2D eigenvalue weighted by Gasteiger charge is 2.34. The fourth-order valence-corrected chi connectivity index (χ4v) is 3.58. The molecule has 0 N–H and O–H groups in total. The molecule has 1 aliphatic rings. The van der Waals surface area contributed by atoms with Crippen molar-refractivity contribution in [1.82, 2.24) is 15.0 Å². The van der Waals surface area contributed by atoms with Crippen molar-refractivity contribution < 1.29 is 18.8 Å². The fraction of sp³-hybridized carbons (Fsp3) is 0.318. The molecular formula is C22H23N3O4. The molecule has 1 amide bonds. The maximum absolute atomic E-state index is 12.6. The van der Waals surface area contributed by atoms with E-state index < -0.39 is 0 Å². The van der Waals surface area contributed by atoms with Gasteiger partial charge in [0.25, 0.3) is 0 Å². The number of carbonyl (C=O) groups excluding carboxylic acids is 1. The van der Waals surface area contributed by atoms with Crippen molar-refractivity contribution in [3.63, 3.8) is 0 Å². The van der Waals surface area contributed by atoms with E-state index in [4.69, 9.17) is 14.0 Å². The van der Waals surface area contributed by atoms with Gasteiger partial charge in [-0.05, 0) is 25.1 Å². The van der Waals surface area contributed by atoms with Crippen molar-refractivity contribution in [2.24, 2.45) is 0 Å². The normalized spacial score (nSPS) is 16.3. The largest absolute Gasteiger partial charge is 0.497 e. The van der Waals surface area contributed by atoms with Crippen molar-refractivity contribution in [2.75, 3.05) is 20.8 Å². The molecule has 1 aromatic heterocycles. The monoisotopic (exact) mass is 393 g/mol. The summed E-state index contributed by atoms with van der Waals surface area (Å²) >= 11 is 0. The second kappa shape index (κ2) is 7.95. The molecule has 1 aliphatic heterocycles. The van der Waals surface area contributed by atoms with Crippen molar-refractivity contribution >= 4 is 5.91 Å². The number of aryl methyl sites for hydroxylation is 1. The highest BCUT2D eigenvalue weighted by atomic mass is 16.5. The topological polar surface area (TPSA) is 77.7 Å². The van der Waals surface area contributed by atoms with Crippen LogP contribution in [0.5, 0.6) is 11.5 Å². The van der Waals surface area contributed by atoms with Gasteiger partial charge in [-0.25, -0.2) is 0 Å². The molecule has 0 spiro atoms. The van der Waals surface area contributed by atoms with Gasteiger partial charge >= 0.3 is 0 Å². The molecule has 0 aliphatic carbocycles. The van der Waals surface area contributed by atoms with Gasteiger partial charge in [-0.15, -0.1) is 0 Å². The SMILES string of the molecule is COc1ccc(CN2CC(c3nc(-c4cccc(C)c4)no3)CC2=O)c(OC)c1. The molecule has 3 aromatic rings. The van der Waals surface area contributed by atoms with E-state index >= 15 is 0 Å². The summed E-state index contributed by atoms with van der Waals surface area (Å²) in [6.07, 6.45) is 0.355. The van der Waals surface area contributed by atoms with E-state index in [-0.39, 0.29) is 11.8 Å². The third kappa shape index (κ3) is 3.94. The number of carbonyl (C=O) groups is 1. The average molecular weight is 393 g/mol. The number of nitrogens with zero attached hydrogens (tertiary/aromatic N) is 3. The number of hydrogen-bond acceptors (Lipinski definition) is 6. The maximum Gasteiger partial charge on any atom is 0.232 e. The molecule has 0 bridgehead atoms. The predicted octanol–water partition coefficient (Wildman–Crippen LogP) is 3.58. The van der Waals surface area contributed by atoms with Gasteiger partial charge in [-0.3, -0.25) is 4.79 Å². The Morgan fingerprint density at radius 2 is 2.03 bits per heavy atom. The van der Waals surface area contributed by atoms with E-state index in [9.17, 15) is 4.79 Å². The summed E-state index contributed by atoms with van der Waals surface area (Å²) in [6.45, 7) is 3.01.